The lowest BCUT2D eigenvalue weighted by Crippen LogP contribution is -2.55. The minimum atomic E-state index is -0.0506. The molecule has 1 unspecified atom stereocenters. The molecule has 1 heterocycles. The first-order chi connectivity index (χ1) is 10.1. The Balaban J connectivity index is 1.87. The Bertz CT molecular complexity index is 521. The van der Waals surface area contributed by atoms with Crippen LogP contribution in [-0.4, -0.2) is 48.1 Å². The molecule has 1 saturated heterocycles. The minimum Gasteiger partial charge on any atom is -0.492 e. The van der Waals surface area contributed by atoms with Crippen LogP contribution in [0.1, 0.15) is 18.9 Å². The van der Waals surface area contributed by atoms with Gasteiger partial charge in [-0.2, -0.15) is 0 Å². The summed E-state index contributed by atoms with van der Waals surface area (Å²) in [4.78, 5) is 14.3. The van der Waals surface area contributed by atoms with Crippen molar-refractivity contribution in [2.24, 2.45) is 5.73 Å². The van der Waals surface area contributed by atoms with Crippen molar-refractivity contribution in [2.75, 3.05) is 26.2 Å². The van der Waals surface area contributed by atoms with Gasteiger partial charge in [0.2, 0.25) is 5.91 Å². The summed E-state index contributed by atoms with van der Waals surface area (Å²) in [6.07, 6.45) is 0.808. The molecule has 6 heteroatoms. The van der Waals surface area contributed by atoms with Gasteiger partial charge in [0.1, 0.15) is 17.3 Å². The van der Waals surface area contributed by atoms with Crippen LogP contribution in [0.4, 0.5) is 0 Å². The van der Waals surface area contributed by atoms with Crippen molar-refractivity contribution in [3.63, 3.8) is 0 Å². The van der Waals surface area contributed by atoms with E-state index in [4.69, 9.17) is 22.7 Å². The van der Waals surface area contributed by atoms with Crippen molar-refractivity contribution in [1.82, 2.24) is 10.2 Å². The largest absolute Gasteiger partial charge is 0.492 e. The molecule has 0 radical (unpaired) electrons. The van der Waals surface area contributed by atoms with Gasteiger partial charge in [0.25, 0.3) is 0 Å². The van der Waals surface area contributed by atoms with Crippen molar-refractivity contribution < 1.29 is 9.53 Å². The summed E-state index contributed by atoms with van der Waals surface area (Å²) in [7, 11) is 0. The summed E-state index contributed by atoms with van der Waals surface area (Å²) in [5.74, 6) is 0.856. The van der Waals surface area contributed by atoms with Crippen LogP contribution in [0.2, 0.25) is 0 Å². The van der Waals surface area contributed by atoms with Gasteiger partial charge in [-0.15, -0.1) is 0 Å². The quantitative estimate of drug-likeness (QED) is 0.765. The Hall–Kier alpha value is -1.66. The normalized spacial score (nSPS) is 19.1. The van der Waals surface area contributed by atoms with Crippen molar-refractivity contribution in [1.29, 1.82) is 0 Å². The molecule has 1 aromatic rings. The number of carbonyl (C=O) groups excluding carboxylic acids is 1. The van der Waals surface area contributed by atoms with Gasteiger partial charge < -0.3 is 15.8 Å². The minimum absolute atomic E-state index is 0.0506. The second-order valence-electron chi connectivity index (χ2n) is 4.99. The fourth-order valence-electron chi connectivity index (χ4n) is 2.49. The lowest BCUT2D eigenvalue weighted by molar-refractivity contribution is -0.129. The topological polar surface area (TPSA) is 67.6 Å². The molecule has 1 aromatic carbocycles. The van der Waals surface area contributed by atoms with Crippen LogP contribution in [0.5, 0.6) is 5.75 Å². The zero-order valence-electron chi connectivity index (χ0n) is 12.2. The zero-order valence-corrected chi connectivity index (χ0v) is 13.0. The van der Waals surface area contributed by atoms with E-state index in [9.17, 15) is 4.79 Å². The van der Waals surface area contributed by atoms with Crippen molar-refractivity contribution >= 4 is 23.1 Å². The van der Waals surface area contributed by atoms with Gasteiger partial charge in [-0.3, -0.25) is 9.69 Å². The summed E-state index contributed by atoms with van der Waals surface area (Å²) in [5, 5.41) is 2.89. The van der Waals surface area contributed by atoms with E-state index >= 15 is 0 Å². The van der Waals surface area contributed by atoms with Crippen LogP contribution >= 0.6 is 12.2 Å². The van der Waals surface area contributed by atoms with E-state index in [0.29, 0.717) is 18.1 Å². The van der Waals surface area contributed by atoms with Gasteiger partial charge in [-0.05, 0) is 18.6 Å². The molecule has 1 amide bonds. The second-order valence-corrected chi connectivity index (χ2v) is 5.43. The first-order valence-electron chi connectivity index (χ1n) is 7.16. The third kappa shape index (κ3) is 4.15. The van der Waals surface area contributed by atoms with Crippen LogP contribution in [0.25, 0.3) is 0 Å². The fraction of sp³-hybridized carbons (Fsp3) is 0.467. The Morgan fingerprint density at radius 3 is 3.10 bits per heavy atom. The number of hydrogen-bond acceptors (Lipinski definition) is 4. The fourth-order valence-corrected chi connectivity index (χ4v) is 2.62. The highest BCUT2D eigenvalue weighted by Gasteiger charge is 2.27. The number of nitrogens with one attached hydrogen (secondary N) is 1. The standard InChI is InChI=1S/C15H21N3O2S/c1-2-13-15(19)17-6-7-18(13)8-9-20-12-5-3-4-11(10-12)14(16)21/h3-5,10,13H,2,6-9H2,1H3,(H2,16,21)(H,17,19). The van der Waals surface area contributed by atoms with Crippen LogP contribution < -0.4 is 15.8 Å². The molecule has 0 aliphatic carbocycles. The molecule has 5 nitrogen and oxygen atoms in total. The number of nitrogens with two attached hydrogens (primary N) is 1. The second kappa shape index (κ2) is 7.38. The maximum atomic E-state index is 11.8. The summed E-state index contributed by atoms with van der Waals surface area (Å²) in [6, 6.07) is 7.39. The first-order valence-corrected chi connectivity index (χ1v) is 7.57. The van der Waals surface area contributed by atoms with Gasteiger partial charge in [-0.25, -0.2) is 0 Å². The molecule has 3 N–H and O–H groups in total. The Morgan fingerprint density at radius 1 is 1.57 bits per heavy atom. The van der Waals surface area contributed by atoms with Gasteiger partial charge in [0.05, 0.1) is 6.04 Å². The molecule has 0 saturated carbocycles. The molecule has 0 bridgehead atoms. The Kier molecular flexibility index (Phi) is 5.52. The van der Waals surface area contributed by atoms with E-state index in [1.807, 2.05) is 31.2 Å². The van der Waals surface area contributed by atoms with Gasteiger partial charge >= 0.3 is 0 Å². The number of rotatable bonds is 6. The lowest BCUT2D eigenvalue weighted by Gasteiger charge is -2.34. The molecule has 1 aliphatic rings. The van der Waals surface area contributed by atoms with E-state index in [1.165, 1.54) is 0 Å². The number of ether oxygens (including phenoxy) is 1. The number of benzene rings is 1. The smallest absolute Gasteiger partial charge is 0.237 e. The number of amides is 1. The SMILES string of the molecule is CCC1C(=O)NCCN1CCOc1cccc(C(N)=S)c1. The van der Waals surface area contributed by atoms with E-state index < -0.39 is 0 Å². The molecule has 1 aliphatic heterocycles. The molecule has 1 fully saturated rings. The van der Waals surface area contributed by atoms with E-state index in [-0.39, 0.29) is 11.9 Å². The van der Waals surface area contributed by atoms with Crippen molar-refractivity contribution in [3.05, 3.63) is 29.8 Å². The highest BCUT2D eigenvalue weighted by Crippen LogP contribution is 2.14. The van der Waals surface area contributed by atoms with Crippen LogP contribution in [-0.2, 0) is 4.79 Å². The molecule has 114 valence electrons. The predicted molar refractivity (Wildman–Crippen MR) is 86.5 cm³/mol. The Labute approximate surface area is 130 Å². The van der Waals surface area contributed by atoms with E-state index in [1.54, 1.807) is 0 Å². The van der Waals surface area contributed by atoms with Crippen molar-refractivity contribution in [3.8, 4) is 5.75 Å². The molecule has 21 heavy (non-hydrogen) atoms. The van der Waals surface area contributed by atoms with Crippen LogP contribution in [0.15, 0.2) is 24.3 Å². The van der Waals surface area contributed by atoms with E-state index in [0.717, 1.165) is 30.8 Å². The predicted octanol–water partition coefficient (Wildman–Crippen LogP) is 0.910. The van der Waals surface area contributed by atoms with Gasteiger partial charge in [0, 0.05) is 25.2 Å². The average Bonchev–Trinajstić information content (AvgIpc) is 2.48. The third-order valence-corrected chi connectivity index (χ3v) is 3.83. The highest BCUT2D eigenvalue weighted by molar-refractivity contribution is 7.80. The number of piperazine rings is 1. The summed E-state index contributed by atoms with van der Waals surface area (Å²) in [6.45, 7) is 4.84. The molecule has 0 spiro atoms. The van der Waals surface area contributed by atoms with Gasteiger partial charge in [-0.1, -0.05) is 31.3 Å². The lowest BCUT2D eigenvalue weighted by atomic mass is 10.1. The summed E-state index contributed by atoms with van der Waals surface area (Å²) < 4.78 is 5.74. The average molecular weight is 307 g/mol. The molecule has 2 rings (SSSR count). The molecular weight excluding hydrogens is 286 g/mol. The van der Waals surface area contributed by atoms with Crippen molar-refractivity contribution in [2.45, 2.75) is 19.4 Å². The zero-order chi connectivity index (χ0) is 15.2. The van der Waals surface area contributed by atoms with Crippen LogP contribution in [0, 0.1) is 0 Å². The monoisotopic (exact) mass is 307 g/mol. The number of carbonyl (C=O) groups is 1. The summed E-state index contributed by atoms with van der Waals surface area (Å²) >= 11 is 4.95. The third-order valence-electron chi connectivity index (χ3n) is 3.59. The maximum Gasteiger partial charge on any atom is 0.237 e. The highest BCUT2D eigenvalue weighted by atomic mass is 32.1. The van der Waals surface area contributed by atoms with Crippen LogP contribution in [0.3, 0.4) is 0 Å². The number of nitrogens with zero attached hydrogens (tertiary/aromatic N) is 1. The maximum absolute atomic E-state index is 11.8. The molecule has 1 atom stereocenters. The number of hydrogen-bond donors (Lipinski definition) is 2. The van der Waals surface area contributed by atoms with Gasteiger partial charge in [0.15, 0.2) is 0 Å². The first kappa shape index (κ1) is 15.7. The number of thiocarbonyl (C=S) groups is 1. The molecule has 0 aromatic heterocycles. The molecular formula is C15H21N3O2S. The summed E-state index contributed by atoms with van der Waals surface area (Å²) in [5.41, 5.74) is 6.40. The van der Waals surface area contributed by atoms with E-state index in [2.05, 4.69) is 10.2 Å². The Morgan fingerprint density at radius 2 is 2.38 bits per heavy atom.